The highest BCUT2D eigenvalue weighted by Crippen LogP contribution is 2.20. The average Bonchev–Trinajstić information content (AvgIpc) is 2.81. The maximum absolute atomic E-state index is 11.9. The molecule has 0 aliphatic carbocycles. The summed E-state index contributed by atoms with van der Waals surface area (Å²) in [5, 5.41) is 0.610. The molecule has 3 nitrogen and oxygen atoms in total. The van der Waals surface area contributed by atoms with Crippen LogP contribution in [0.2, 0.25) is 5.02 Å². The molecule has 104 valence electrons. The molecule has 0 bridgehead atoms. The lowest BCUT2D eigenvalue weighted by molar-refractivity contribution is -0.129. The zero-order valence-corrected chi connectivity index (χ0v) is 12.1. The molecule has 0 saturated heterocycles. The first-order chi connectivity index (χ1) is 10.1. The summed E-state index contributed by atoms with van der Waals surface area (Å²) in [5.41, 5.74) is 3.00. The molecule has 0 N–H and O–H groups in total. The third-order valence-electron chi connectivity index (χ3n) is 3.07. The standard InChI is InChI=1S/C17H12ClNO2/c1-11-5-7-13(8-6-11)16-19-15(17(20)21-16)10-12-3-2-4-14(18)9-12/h2-10H,1H3/b15-10-. The predicted octanol–water partition coefficient (Wildman–Crippen LogP) is 3.99. The van der Waals surface area contributed by atoms with Gasteiger partial charge in [0.25, 0.3) is 0 Å². The van der Waals surface area contributed by atoms with Gasteiger partial charge in [-0.2, -0.15) is 0 Å². The zero-order valence-electron chi connectivity index (χ0n) is 11.3. The molecule has 4 heteroatoms. The second-order valence-electron chi connectivity index (χ2n) is 4.76. The number of hydrogen-bond acceptors (Lipinski definition) is 3. The molecule has 0 spiro atoms. The molecule has 0 radical (unpaired) electrons. The van der Waals surface area contributed by atoms with Crippen molar-refractivity contribution >= 4 is 29.5 Å². The number of carbonyl (C=O) groups excluding carboxylic acids is 1. The molecule has 2 aromatic rings. The van der Waals surface area contributed by atoms with E-state index in [1.807, 2.05) is 43.3 Å². The highest BCUT2D eigenvalue weighted by molar-refractivity contribution is 6.30. The molecule has 3 rings (SSSR count). The van der Waals surface area contributed by atoms with E-state index in [4.69, 9.17) is 16.3 Å². The Hall–Kier alpha value is -2.39. The maximum atomic E-state index is 11.9. The van der Waals surface area contributed by atoms with E-state index in [-0.39, 0.29) is 5.70 Å². The average molecular weight is 298 g/mol. The van der Waals surface area contributed by atoms with E-state index in [2.05, 4.69) is 4.99 Å². The van der Waals surface area contributed by atoms with E-state index in [9.17, 15) is 4.79 Å². The van der Waals surface area contributed by atoms with Gasteiger partial charge in [-0.25, -0.2) is 9.79 Å². The number of benzene rings is 2. The zero-order chi connectivity index (χ0) is 14.8. The first-order valence-corrected chi connectivity index (χ1v) is 6.85. The minimum atomic E-state index is -0.453. The second-order valence-corrected chi connectivity index (χ2v) is 5.19. The number of cyclic esters (lactones) is 1. The van der Waals surface area contributed by atoms with Gasteiger partial charge in [0.05, 0.1) is 0 Å². The third kappa shape index (κ3) is 3.03. The van der Waals surface area contributed by atoms with Crippen LogP contribution in [0.4, 0.5) is 0 Å². The van der Waals surface area contributed by atoms with Gasteiger partial charge in [0.2, 0.25) is 5.90 Å². The van der Waals surface area contributed by atoms with Crippen LogP contribution in [0.15, 0.2) is 59.2 Å². The van der Waals surface area contributed by atoms with E-state index in [1.165, 1.54) is 0 Å². The number of aliphatic imine (C=N–C) groups is 1. The van der Waals surface area contributed by atoms with Crippen molar-refractivity contribution in [2.75, 3.05) is 0 Å². The first-order valence-electron chi connectivity index (χ1n) is 6.47. The van der Waals surface area contributed by atoms with Gasteiger partial charge in [0, 0.05) is 10.6 Å². The van der Waals surface area contributed by atoms with Gasteiger partial charge in [0.15, 0.2) is 5.70 Å². The highest BCUT2D eigenvalue weighted by atomic mass is 35.5. The molecule has 2 aromatic carbocycles. The van der Waals surface area contributed by atoms with Crippen molar-refractivity contribution in [3.63, 3.8) is 0 Å². The Morgan fingerprint density at radius 1 is 1.14 bits per heavy atom. The number of aryl methyl sites for hydroxylation is 1. The van der Waals surface area contributed by atoms with Crippen molar-refractivity contribution in [3.8, 4) is 0 Å². The SMILES string of the molecule is Cc1ccc(C2=N/C(=C\c3cccc(Cl)c3)C(=O)O2)cc1. The van der Waals surface area contributed by atoms with Gasteiger partial charge in [-0.1, -0.05) is 41.4 Å². The quantitative estimate of drug-likeness (QED) is 0.621. The monoisotopic (exact) mass is 297 g/mol. The second kappa shape index (κ2) is 5.54. The molecule has 1 heterocycles. The van der Waals surface area contributed by atoms with E-state index >= 15 is 0 Å². The van der Waals surface area contributed by atoms with E-state index in [0.29, 0.717) is 10.9 Å². The molecule has 0 aromatic heterocycles. The molecule has 0 amide bonds. The van der Waals surface area contributed by atoms with Gasteiger partial charge in [0.1, 0.15) is 0 Å². The Morgan fingerprint density at radius 2 is 1.90 bits per heavy atom. The van der Waals surface area contributed by atoms with Gasteiger partial charge in [-0.05, 0) is 42.8 Å². The summed E-state index contributed by atoms with van der Waals surface area (Å²) in [6.07, 6.45) is 1.66. The lowest BCUT2D eigenvalue weighted by atomic mass is 10.1. The van der Waals surface area contributed by atoms with Crippen LogP contribution in [0.25, 0.3) is 6.08 Å². The van der Waals surface area contributed by atoms with Gasteiger partial charge >= 0.3 is 5.97 Å². The summed E-state index contributed by atoms with van der Waals surface area (Å²) < 4.78 is 5.21. The largest absolute Gasteiger partial charge is 0.402 e. The minimum absolute atomic E-state index is 0.271. The van der Waals surface area contributed by atoms with Crippen LogP contribution in [0.3, 0.4) is 0 Å². The Morgan fingerprint density at radius 3 is 2.62 bits per heavy atom. The Balaban J connectivity index is 1.93. The molecule has 0 unspecified atom stereocenters. The molecule has 0 saturated carbocycles. The summed E-state index contributed by atoms with van der Waals surface area (Å²) in [6, 6.07) is 14.9. The Labute approximate surface area is 127 Å². The van der Waals surface area contributed by atoms with Crippen molar-refractivity contribution in [2.24, 2.45) is 4.99 Å². The molecular weight excluding hydrogens is 286 g/mol. The maximum Gasteiger partial charge on any atom is 0.363 e. The van der Waals surface area contributed by atoms with Crippen LogP contribution in [0.5, 0.6) is 0 Å². The number of nitrogens with zero attached hydrogens (tertiary/aromatic N) is 1. The van der Waals surface area contributed by atoms with Crippen LogP contribution in [-0.4, -0.2) is 11.9 Å². The summed E-state index contributed by atoms with van der Waals surface area (Å²) in [7, 11) is 0. The van der Waals surface area contributed by atoms with E-state index in [0.717, 1.165) is 16.7 Å². The fourth-order valence-electron chi connectivity index (χ4n) is 1.98. The summed E-state index contributed by atoms with van der Waals surface area (Å²) >= 11 is 5.92. The summed E-state index contributed by atoms with van der Waals surface area (Å²) in [5.74, 6) is -0.126. The van der Waals surface area contributed by atoms with E-state index < -0.39 is 5.97 Å². The number of carbonyl (C=O) groups is 1. The molecular formula is C17H12ClNO2. The van der Waals surface area contributed by atoms with Crippen LogP contribution in [0.1, 0.15) is 16.7 Å². The molecule has 0 fully saturated rings. The Kier molecular flexibility index (Phi) is 3.59. The van der Waals surface area contributed by atoms with Gasteiger partial charge < -0.3 is 4.74 Å². The van der Waals surface area contributed by atoms with Crippen LogP contribution < -0.4 is 0 Å². The number of esters is 1. The van der Waals surface area contributed by atoms with Crippen LogP contribution >= 0.6 is 11.6 Å². The van der Waals surface area contributed by atoms with Crippen molar-refractivity contribution < 1.29 is 9.53 Å². The number of rotatable bonds is 2. The predicted molar refractivity (Wildman–Crippen MR) is 83.2 cm³/mol. The molecule has 0 atom stereocenters. The normalized spacial score (nSPS) is 16.0. The van der Waals surface area contributed by atoms with Crippen molar-refractivity contribution in [2.45, 2.75) is 6.92 Å². The first kappa shape index (κ1) is 13.6. The summed E-state index contributed by atoms with van der Waals surface area (Å²) in [4.78, 5) is 16.1. The van der Waals surface area contributed by atoms with E-state index in [1.54, 1.807) is 18.2 Å². The fourth-order valence-corrected chi connectivity index (χ4v) is 2.18. The highest BCUT2D eigenvalue weighted by Gasteiger charge is 2.23. The molecule has 1 aliphatic rings. The van der Waals surface area contributed by atoms with Crippen LogP contribution in [0, 0.1) is 6.92 Å². The lowest BCUT2D eigenvalue weighted by Gasteiger charge is -1.99. The fraction of sp³-hybridized carbons (Fsp3) is 0.0588. The smallest absolute Gasteiger partial charge is 0.363 e. The van der Waals surface area contributed by atoms with Crippen molar-refractivity contribution in [3.05, 3.63) is 75.9 Å². The molecule has 1 aliphatic heterocycles. The number of halogens is 1. The lowest BCUT2D eigenvalue weighted by Crippen LogP contribution is -2.05. The third-order valence-corrected chi connectivity index (χ3v) is 3.31. The van der Waals surface area contributed by atoms with Gasteiger partial charge in [-0.3, -0.25) is 0 Å². The Bertz CT molecular complexity index is 761. The van der Waals surface area contributed by atoms with Crippen molar-refractivity contribution in [1.29, 1.82) is 0 Å². The topological polar surface area (TPSA) is 38.7 Å². The number of hydrogen-bond donors (Lipinski definition) is 0. The van der Waals surface area contributed by atoms with Crippen LogP contribution in [-0.2, 0) is 9.53 Å². The summed E-state index contributed by atoms with van der Waals surface area (Å²) in [6.45, 7) is 2.00. The number of ether oxygens (including phenoxy) is 1. The van der Waals surface area contributed by atoms with Crippen molar-refractivity contribution in [1.82, 2.24) is 0 Å². The van der Waals surface area contributed by atoms with Gasteiger partial charge in [-0.15, -0.1) is 0 Å². The molecule has 21 heavy (non-hydrogen) atoms. The minimum Gasteiger partial charge on any atom is -0.402 e.